The third kappa shape index (κ3) is 11.4. The summed E-state index contributed by atoms with van der Waals surface area (Å²) in [5.74, 6) is -1.31. The van der Waals surface area contributed by atoms with E-state index in [1.165, 1.54) is 28.4 Å². The second-order valence-electron chi connectivity index (χ2n) is 22.5. The van der Waals surface area contributed by atoms with Gasteiger partial charge in [-0.2, -0.15) is 0 Å². The van der Waals surface area contributed by atoms with E-state index >= 15 is 8.78 Å². The first-order valence-electron chi connectivity index (χ1n) is 27.7. The number of carbonyl (C=O) groups is 2. The van der Waals surface area contributed by atoms with E-state index in [4.69, 9.17) is 19.7 Å². The predicted molar refractivity (Wildman–Crippen MR) is 295 cm³/mol. The number of rotatable bonds is 18. The Balaban J connectivity index is 0.607. The van der Waals surface area contributed by atoms with Crippen molar-refractivity contribution >= 4 is 40.3 Å². The number of aliphatic hydroxyl groups excluding tert-OH is 1. The molecule has 6 atom stereocenters. The summed E-state index contributed by atoms with van der Waals surface area (Å²) in [6.07, 6.45) is 8.18. The fourth-order valence-corrected chi connectivity index (χ4v) is 13.4. The molecule has 8 heterocycles. The molecule has 5 aliphatic rings. The van der Waals surface area contributed by atoms with Gasteiger partial charge >= 0.3 is 0 Å². The zero-order chi connectivity index (χ0) is 55.1. The lowest BCUT2D eigenvalue weighted by molar-refractivity contribution is -0.141. The van der Waals surface area contributed by atoms with Gasteiger partial charge in [0.25, 0.3) is 5.88 Å². The summed E-state index contributed by atoms with van der Waals surface area (Å²) in [5, 5.41) is 36.6. The molecule has 1 unspecified atom stereocenters. The number of nitrogens with zero attached hydrogens (tertiary/aromatic N) is 9. The van der Waals surface area contributed by atoms with Crippen LogP contribution in [0.1, 0.15) is 101 Å². The van der Waals surface area contributed by atoms with Gasteiger partial charge < -0.3 is 54.9 Å². The van der Waals surface area contributed by atoms with Crippen molar-refractivity contribution < 1.29 is 42.6 Å². The molecule has 1 saturated carbocycles. The number of aromatic nitrogens is 5. The Morgan fingerprint density at radius 3 is 2.41 bits per heavy atom. The van der Waals surface area contributed by atoms with Crippen LogP contribution in [0, 0.1) is 36.3 Å². The van der Waals surface area contributed by atoms with Crippen molar-refractivity contribution in [2.24, 2.45) is 17.8 Å². The number of aromatic hydroxyl groups is 1. The molecular formula is C58H69F2N11O7S. The van der Waals surface area contributed by atoms with Crippen LogP contribution in [0.25, 0.3) is 21.7 Å². The van der Waals surface area contributed by atoms with Crippen LogP contribution < -0.4 is 30.3 Å². The molecular weight excluding hydrogens is 1030 g/mol. The molecule has 2 bridgehead atoms. The Bertz CT molecular complexity index is 3130. The fourth-order valence-electron chi connectivity index (χ4n) is 12.6. The van der Waals surface area contributed by atoms with Gasteiger partial charge in [-0.3, -0.25) is 9.59 Å². The highest BCUT2D eigenvalue weighted by molar-refractivity contribution is 7.13. The number of para-hydroxylation sites is 1. The Morgan fingerprint density at radius 2 is 1.67 bits per heavy atom. The number of aliphatic hydroxyl groups is 1. The fraction of sp³-hybridized carbons (Fsp3) is 0.500. The van der Waals surface area contributed by atoms with Gasteiger partial charge in [0.05, 0.1) is 46.2 Å². The van der Waals surface area contributed by atoms with E-state index in [2.05, 4.69) is 57.5 Å². The van der Waals surface area contributed by atoms with E-state index in [1.807, 2.05) is 38.2 Å². The molecule has 1 aliphatic carbocycles. The van der Waals surface area contributed by atoms with Crippen LogP contribution in [0.2, 0.25) is 0 Å². The first-order valence-corrected chi connectivity index (χ1v) is 28.6. The minimum atomic E-state index is -1.07. The number of pyridine rings is 1. The molecule has 5 N–H and O–H groups in total. The lowest BCUT2D eigenvalue weighted by atomic mass is 9.81. The van der Waals surface area contributed by atoms with Gasteiger partial charge in [-0.05, 0) is 125 Å². The largest absolute Gasteiger partial charge is 0.507 e. The second-order valence-corrected chi connectivity index (χ2v) is 23.4. The smallest absolute Gasteiger partial charge is 0.254 e. The third-order valence-electron chi connectivity index (χ3n) is 16.8. The Morgan fingerprint density at radius 1 is 0.899 bits per heavy atom. The molecule has 0 spiro atoms. The molecule has 0 radical (unpaired) electrons. The maximum Gasteiger partial charge on any atom is 0.254 e. The monoisotopic (exact) mass is 1100 g/mol. The second kappa shape index (κ2) is 23.0. The van der Waals surface area contributed by atoms with Gasteiger partial charge in [0.2, 0.25) is 17.7 Å². The van der Waals surface area contributed by atoms with Crippen molar-refractivity contribution in [3.8, 4) is 39.2 Å². The van der Waals surface area contributed by atoms with Crippen LogP contribution >= 0.6 is 11.3 Å². The van der Waals surface area contributed by atoms with Crippen LogP contribution in [0.5, 0.6) is 17.5 Å². The van der Waals surface area contributed by atoms with E-state index < -0.39 is 47.6 Å². The number of amides is 2. The Kier molecular flexibility index (Phi) is 15.7. The number of thiazole rings is 1. The average Bonchev–Trinajstić information content (AvgIpc) is 4.23. The molecule has 2 amide bonds. The van der Waals surface area contributed by atoms with E-state index in [0.717, 1.165) is 89.0 Å². The lowest BCUT2D eigenvalue weighted by Crippen LogP contribution is -2.54. The number of phenolic OH excluding ortho intramolecular Hbond substituents is 1. The highest BCUT2D eigenvalue weighted by atomic mass is 32.1. The summed E-state index contributed by atoms with van der Waals surface area (Å²) in [6.45, 7) is 12.1. The number of nitrogen functional groups attached to an aromatic ring is 1. The summed E-state index contributed by atoms with van der Waals surface area (Å²) in [7, 11) is 0. The first kappa shape index (κ1) is 54.0. The molecule has 4 saturated heterocycles. The van der Waals surface area contributed by atoms with E-state index in [0.29, 0.717) is 69.8 Å². The van der Waals surface area contributed by atoms with Gasteiger partial charge in [-0.1, -0.05) is 32.0 Å². The standard InChI is InChI=1S/C58H69F2N11O7S/c1-32(2)52(58(75)70-30-40(72)24-47(70)57(74)64-33(3)42-11-12-44(54(60)53(42)59)55-34(4)63-31-79-55)49-26-51(67-78-49)76-20-16-35-14-18-68(19-15-35)27-36-21-41(22-36)77-50-23-37(13-17-62-50)71-38-9-10-39(71)29-69(28-38)46-25-45(65-66-56(46)61)43-7-5-6-8-48(43)73/h5-8,11-13,17,23,25-26,31-33,35-36,38-41,47,52,72-73H,9-10,14-16,18-22,24,27-30H2,1-4H3,(H2,61,66)(H,64,74)/t33-,36?,38+,39?,40+,41?,47-,52-/m0/s1. The minimum absolute atomic E-state index is 0.0120. The van der Waals surface area contributed by atoms with Crippen molar-refractivity contribution in [3.05, 3.63) is 101 Å². The van der Waals surface area contributed by atoms with E-state index in [-0.39, 0.29) is 47.7 Å². The van der Waals surface area contributed by atoms with Crippen LogP contribution in [-0.4, -0.2) is 133 Å². The summed E-state index contributed by atoms with van der Waals surface area (Å²) in [5.41, 5.74) is 11.8. The molecule has 79 heavy (non-hydrogen) atoms. The Hall–Kier alpha value is -6.97. The summed E-state index contributed by atoms with van der Waals surface area (Å²) < 4.78 is 49.0. The topological polar surface area (TPSA) is 222 Å². The quantitative estimate of drug-likeness (QED) is 0.0636. The highest BCUT2D eigenvalue weighted by Gasteiger charge is 2.45. The maximum atomic E-state index is 15.4. The summed E-state index contributed by atoms with van der Waals surface area (Å²) in [4.78, 5) is 46.0. The molecule has 21 heteroatoms. The van der Waals surface area contributed by atoms with Crippen molar-refractivity contribution in [2.45, 2.75) is 121 Å². The molecule has 2 aromatic carbocycles. The molecule has 6 aromatic rings. The number of halogens is 2. The number of β-amino-alcohol motifs (C(OH)–C–C–N with tert-alkyl or cyclic N) is 1. The summed E-state index contributed by atoms with van der Waals surface area (Å²) in [6, 6.07) is 16.4. The van der Waals surface area contributed by atoms with Crippen molar-refractivity contribution in [2.75, 3.05) is 61.4 Å². The van der Waals surface area contributed by atoms with Gasteiger partial charge in [-0.15, -0.1) is 21.5 Å². The number of aryl methyl sites for hydroxylation is 1. The first-order chi connectivity index (χ1) is 38.1. The van der Waals surface area contributed by atoms with Gasteiger partial charge in [0.15, 0.2) is 23.2 Å². The number of benzene rings is 2. The van der Waals surface area contributed by atoms with Gasteiger partial charge in [-0.25, -0.2) is 18.7 Å². The number of ether oxygens (including phenoxy) is 2. The SMILES string of the molecule is Cc1ncsc1-c1ccc([C@H](C)NC(=O)[C@@H]2C[C@@H](O)CN2C(=O)[C@H](c2cc(OCCC3CCN(CC4CC(Oc5cc(N6C7CC[C@@H]6CN(c6cc(-c8ccccc8O)nnc6N)C7)ccn5)C4)CC3)no2)C(C)C)c(F)c1F. The number of carbonyl (C=O) groups excluding carboxylic acids is 2. The van der Waals surface area contributed by atoms with Crippen LogP contribution in [0.3, 0.4) is 0 Å². The van der Waals surface area contributed by atoms with Crippen molar-refractivity contribution in [1.82, 2.24) is 40.4 Å². The zero-order valence-electron chi connectivity index (χ0n) is 45.0. The van der Waals surface area contributed by atoms with Crippen LogP contribution in [-0.2, 0) is 9.59 Å². The normalized spacial score (nSPS) is 23.2. The average molecular weight is 1100 g/mol. The number of piperidine rings is 1. The van der Waals surface area contributed by atoms with E-state index in [1.54, 1.807) is 37.6 Å². The number of fused-ring (bicyclic) bond motifs is 2. The molecule has 5 fully saturated rings. The van der Waals surface area contributed by atoms with Crippen LogP contribution in [0.4, 0.5) is 26.0 Å². The summed E-state index contributed by atoms with van der Waals surface area (Å²) >= 11 is 1.21. The van der Waals surface area contributed by atoms with Gasteiger partial charge in [0, 0.05) is 85.4 Å². The number of hydrogen-bond donors (Lipinski definition) is 4. The van der Waals surface area contributed by atoms with Crippen molar-refractivity contribution in [1.29, 1.82) is 0 Å². The number of anilines is 3. The number of hydrogen-bond acceptors (Lipinski definition) is 17. The predicted octanol–water partition coefficient (Wildman–Crippen LogP) is 8.30. The molecule has 4 aliphatic heterocycles. The number of piperazine rings is 1. The number of nitrogens with one attached hydrogen (secondary N) is 1. The maximum absolute atomic E-state index is 15.4. The van der Waals surface area contributed by atoms with Gasteiger partial charge in [0.1, 0.15) is 23.8 Å². The van der Waals surface area contributed by atoms with Crippen molar-refractivity contribution in [3.63, 3.8) is 0 Å². The number of nitrogens with two attached hydrogens (primary N) is 1. The molecule has 18 nitrogen and oxygen atoms in total. The zero-order valence-corrected chi connectivity index (χ0v) is 45.8. The third-order valence-corrected chi connectivity index (χ3v) is 17.8. The number of phenols is 1. The molecule has 11 rings (SSSR count). The molecule has 4 aromatic heterocycles. The minimum Gasteiger partial charge on any atom is -0.507 e. The number of likely N-dealkylation sites (tertiary alicyclic amines) is 2. The molecule has 418 valence electrons. The Labute approximate surface area is 462 Å². The van der Waals surface area contributed by atoms with E-state index in [9.17, 15) is 19.8 Å². The lowest BCUT2D eigenvalue weighted by Gasteiger charge is -2.43. The highest BCUT2D eigenvalue weighted by Crippen LogP contribution is 2.42. The van der Waals surface area contributed by atoms with Crippen LogP contribution in [0.15, 0.2) is 76.9 Å².